The van der Waals surface area contributed by atoms with Gasteiger partial charge in [0, 0.05) is 18.7 Å². The van der Waals surface area contributed by atoms with E-state index < -0.39 is 0 Å². The highest BCUT2D eigenvalue weighted by molar-refractivity contribution is 6.29. The van der Waals surface area contributed by atoms with Crippen LogP contribution >= 0.6 is 11.6 Å². The van der Waals surface area contributed by atoms with Gasteiger partial charge in [0.05, 0.1) is 6.54 Å². The topological polar surface area (TPSA) is 71.6 Å². The Kier molecular flexibility index (Phi) is 3.93. The third-order valence-electron chi connectivity index (χ3n) is 2.65. The Hall–Kier alpha value is -2.19. The van der Waals surface area contributed by atoms with Crippen molar-refractivity contribution >= 4 is 11.6 Å². The molecule has 0 radical (unpaired) electrons. The largest absolute Gasteiger partial charge is 0.292 e. The molecule has 6 heteroatoms. The van der Waals surface area contributed by atoms with Crippen molar-refractivity contribution < 1.29 is 0 Å². The third kappa shape index (κ3) is 2.98. The van der Waals surface area contributed by atoms with E-state index >= 15 is 0 Å². The number of pyridine rings is 1. The van der Waals surface area contributed by atoms with Gasteiger partial charge in [-0.2, -0.15) is 5.26 Å². The van der Waals surface area contributed by atoms with E-state index in [0.717, 1.165) is 5.56 Å². The normalized spacial score (nSPS) is 10.2. The van der Waals surface area contributed by atoms with Gasteiger partial charge in [-0.1, -0.05) is 18.5 Å². The second-order valence-corrected chi connectivity index (χ2v) is 4.32. The second kappa shape index (κ2) is 5.63. The molecule has 2 aromatic heterocycles. The maximum atomic E-state index is 11.9. The van der Waals surface area contributed by atoms with Crippen LogP contribution in [0.3, 0.4) is 0 Å². The van der Waals surface area contributed by atoms with E-state index in [0.29, 0.717) is 24.5 Å². The third-order valence-corrected chi connectivity index (χ3v) is 2.85. The van der Waals surface area contributed by atoms with E-state index in [9.17, 15) is 4.79 Å². The monoisotopic (exact) mass is 274 g/mol. The molecule has 0 saturated carbocycles. The summed E-state index contributed by atoms with van der Waals surface area (Å²) in [5.74, 6) is 0.618. The van der Waals surface area contributed by atoms with Gasteiger partial charge in [0.15, 0.2) is 0 Å². The predicted molar refractivity (Wildman–Crippen MR) is 70.9 cm³/mol. The molecule has 19 heavy (non-hydrogen) atoms. The van der Waals surface area contributed by atoms with Gasteiger partial charge in [-0.15, -0.1) is 0 Å². The van der Waals surface area contributed by atoms with Gasteiger partial charge in [-0.3, -0.25) is 9.36 Å². The van der Waals surface area contributed by atoms with Crippen molar-refractivity contribution in [1.29, 1.82) is 5.26 Å². The van der Waals surface area contributed by atoms with Crippen LogP contribution in [0, 0.1) is 11.3 Å². The fourth-order valence-electron chi connectivity index (χ4n) is 1.78. The quantitative estimate of drug-likeness (QED) is 0.800. The standard InChI is InChI=1S/C13H11ClN4O/c1-2-12-17-11(14)6-13(19)18(12)8-9-3-4-16-10(5-9)7-15/h3-6H,2,8H2,1H3. The lowest BCUT2D eigenvalue weighted by atomic mass is 10.2. The Morgan fingerprint density at radius 1 is 1.47 bits per heavy atom. The summed E-state index contributed by atoms with van der Waals surface area (Å²) in [4.78, 5) is 20.0. The van der Waals surface area contributed by atoms with Crippen LogP contribution in [0.2, 0.25) is 5.15 Å². The highest BCUT2D eigenvalue weighted by Crippen LogP contribution is 2.07. The van der Waals surface area contributed by atoms with Gasteiger partial charge in [0.2, 0.25) is 0 Å². The molecule has 2 aromatic rings. The van der Waals surface area contributed by atoms with Crippen molar-refractivity contribution in [2.24, 2.45) is 0 Å². The van der Waals surface area contributed by atoms with Crippen molar-refractivity contribution in [3.8, 4) is 6.07 Å². The minimum atomic E-state index is -0.202. The van der Waals surface area contributed by atoms with Gasteiger partial charge < -0.3 is 0 Å². The first-order valence-electron chi connectivity index (χ1n) is 5.75. The fourth-order valence-corrected chi connectivity index (χ4v) is 1.97. The Labute approximate surface area is 115 Å². The average Bonchev–Trinajstić information content (AvgIpc) is 2.41. The summed E-state index contributed by atoms with van der Waals surface area (Å²) in [6.07, 6.45) is 2.15. The number of aryl methyl sites for hydroxylation is 1. The molecule has 0 bridgehead atoms. The van der Waals surface area contributed by atoms with Crippen LogP contribution < -0.4 is 5.56 Å². The molecule has 0 aliphatic carbocycles. The number of nitriles is 1. The fraction of sp³-hybridized carbons (Fsp3) is 0.231. The summed E-state index contributed by atoms with van der Waals surface area (Å²) >= 11 is 5.77. The van der Waals surface area contributed by atoms with Crippen molar-refractivity contribution in [1.82, 2.24) is 14.5 Å². The molecule has 0 fully saturated rings. The minimum Gasteiger partial charge on any atom is -0.292 e. The van der Waals surface area contributed by atoms with Gasteiger partial charge in [-0.05, 0) is 17.7 Å². The number of hydrogen-bond donors (Lipinski definition) is 0. The average molecular weight is 275 g/mol. The maximum absolute atomic E-state index is 11.9. The Bertz CT molecular complexity index is 703. The Balaban J connectivity index is 2.43. The SMILES string of the molecule is CCc1nc(Cl)cc(=O)n1Cc1ccnc(C#N)c1. The molecule has 0 spiro atoms. The molecule has 5 nitrogen and oxygen atoms in total. The first-order chi connectivity index (χ1) is 9.13. The summed E-state index contributed by atoms with van der Waals surface area (Å²) < 4.78 is 1.54. The summed E-state index contributed by atoms with van der Waals surface area (Å²) in [6, 6.07) is 6.67. The highest BCUT2D eigenvalue weighted by atomic mass is 35.5. The first-order valence-corrected chi connectivity index (χ1v) is 6.13. The summed E-state index contributed by atoms with van der Waals surface area (Å²) in [5.41, 5.74) is 0.949. The maximum Gasteiger partial charge on any atom is 0.255 e. The molecule has 0 unspecified atom stereocenters. The van der Waals surface area contributed by atoms with Crippen molar-refractivity contribution in [2.45, 2.75) is 19.9 Å². The van der Waals surface area contributed by atoms with E-state index in [-0.39, 0.29) is 10.7 Å². The number of halogens is 1. The van der Waals surface area contributed by atoms with E-state index in [1.165, 1.54) is 6.07 Å². The minimum absolute atomic E-state index is 0.200. The molecule has 0 aliphatic heterocycles. The molecular weight excluding hydrogens is 264 g/mol. The van der Waals surface area contributed by atoms with Crippen LogP contribution in [0.25, 0.3) is 0 Å². The summed E-state index contributed by atoms with van der Waals surface area (Å²) in [6.45, 7) is 2.26. The zero-order valence-corrected chi connectivity index (χ0v) is 11.1. The lowest BCUT2D eigenvalue weighted by Gasteiger charge is -2.10. The predicted octanol–water partition coefficient (Wildman–Crippen LogP) is 1.77. The molecule has 0 aromatic carbocycles. The molecular formula is C13H11ClN4O. The summed E-state index contributed by atoms with van der Waals surface area (Å²) in [5, 5.41) is 9.01. The van der Waals surface area contributed by atoms with Gasteiger partial charge >= 0.3 is 0 Å². The molecule has 0 amide bonds. The van der Waals surface area contributed by atoms with Crippen LogP contribution in [-0.4, -0.2) is 14.5 Å². The molecule has 0 aliphatic rings. The van der Waals surface area contributed by atoms with Crippen LogP contribution in [0.1, 0.15) is 24.0 Å². The Morgan fingerprint density at radius 3 is 2.95 bits per heavy atom. The number of rotatable bonds is 3. The molecule has 0 N–H and O–H groups in total. The smallest absolute Gasteiger partial charge is 0.255 e. The zero-order chi connectivity index (χ0) is 13.8. The number of hydrogen-bond acceptors (Lipinski definition) is 4. The first kappa shape index (κ1) is 13.2. The van der Waals surface area contributed by atoms with Gasteiger partial charge in [0.25, 0.3) is 5.56 Å². The van der Waals surface area contributed by atoms with E-state index in [4.69, 9.17) is 16.9 Å². The molecule has 2 heterocycles. The van der Waals surface area contributed by atoms with Crippen LogP contribution in [0.4, 0.5) is 0 Å². The van der Waals surface area contributed by atoms with Crippen molar-refractivity contribution in [2.75, 3.05) is 0 Å². The lowest BCUT2D eigenvalue weighted by Crippen LogP contribution is -2.24. The van der Waals surface area contributed by atoms with E-state index in [1.54, 1.807) is 22.9 Å². The molecule has 2 rings (SSSR count). The second-order valence-electron chi connectivity index (χ2n) is 3.93. The van der Waals surface area contributed by atoms with Crippen molar-refractivity contribution in [3.05, 3.63) is 57.0 Å². The van der Waals surface area contributed by atoms with Crippen LogP contribution in [0.15, 0.2) is 29.2 Å². The molecule has 0 saturated heterocycles. The number of aromatic nitrogens is 3. The zero-order valence-electron chi connectivity index (χ0n) is 10.3. The van der Waals surface area contributed by atoms with Crippen LogP contribution in [0.5, 0.6) is 0 Å². The summed E-state index contributed by atoms with van der Waals surface area (Å²) in [7, 11) is 0. The van der Waals surface area contributed by atoms with E-state index in [1.807, 2.05) is 13.0 Å². The highest BCUT2D eigenvalue weighted by Gasteiger charge is 2.07. The van der Waals surface area contributed by atoms with Crippen LogP contribution in [-0.2, 0) is 13.0 Å². The van der Waals surface area contributed by atoms with E-state index in [2.05, 4.69) is 9.97 Å². The van der Waals surface area contributed by atoms with Crippen molar-refractivity contribution in [3.63, 3.8) is 0 Å². The van der Waals surface area contributed by atoms with Gasteiger partial charge in [-0.25, -0.2) is 9.97 Å². The molecule has 0 atom stereocenters. The van der Waals surface area contributed by atoms with Gasteiger partial charge in [0.1, 0.15) is 22.7 Å². The lowest BCUT2D eigenvalue weighted by molar-refractivity contribution is 0.674. The number of nitrogens with zero attached hydrogens (tertiary/aromatic N) is 4. The Morgan fingerprint density at radius 2 is 2.26 bits per heavy atom. The molecule has 96 valence electrons.